The molecule has 0 aliphatic carbocycles. The fourth-order valence-electron chi connectivity index (χ4n) is 4.65. The molecule has 5 heterocycles. The standard InChI is InChI=1S/C21H21N7O2/c29-20-3-1-2-17-14-8-15(13-27(12-14)19-11-23-5-7-25-19)18(28(17)20)10-26-21(30)16-9-22-4-6-24-16/h1-7,9,11,14-15,18H,8,10,12-13H2,(H,26,30)/t14-,15+,18+/m1/s1. The highest BCUT2D eigenvalue weighted by atomic mass is 16.2. The van der Waals surface area contributed by atoms with Crippen LogP contribution in [0, 0.1) is 5.92 Å². The van der Waals surface area contributed by atoms with E-state index >= 15 is 0 Å². The molecule has 0 spiro atoms. The number of carbonyl (C=O) groups excluding carboxylic acids is 1. The Labute approximate surface area is 172 Å². The molecule has 0 unspecified atom stereocenters. The zero-order valence-corrected chi connectivity index (χ0v) is 16.3. The molecule has 2 aliphatic rings. The van der Waals surface area contributed by atoms with Crippen LogP contribution in [0.15, 0.2) is 60.2 Å². The van der Waals surface area contributed by atoms with Crippen LogP contribution in [0.5, 0.6) is 0 Å². The lowest BCUT2D eigenvalue weighted by Crippen LogP contribution is -2.52. The van der Waals surface area contributed by atoms with E-state index in [-0.39, 0.29) is 35.0 Å². The molecule has 152 valence electrons. The predicted molar refractivity (Wildman–Crippen MR) is 109 cm³/mol. The smallest absolute Gasteiger partial charge is 0.271 e. The van der Waals surface area contributed by atoms with Crippen molar-refractivity contribution in [2.45, 2.75) is 18.4 Å². The quantitative estimate of drug-likeness (QED) is 0.693. The van der Waals surface area contributed by atoms with Crippen molar-refractivity contribution in [2.75, 3.05) is 24.5 Å². The van der Waals surface area contributed by atoms with Crippen molar-refractivity contribution in [3.63, 3.8) is 0 Å². The molecule has 5 rings (SSSR count). The highest BCUT2D eigenvalue weighted by molar-refractivity contribution is 5.91. The number of hydrogen-bond acceptors (Lipinski definition) is 7. The summed E-state index contributed by atoms with van der Waals surface area (Å²) in [5.41, 5.74) is 1.23. The Morgan fingerprint density at radius 1 is 1.07 bits per heavy atom. The molecule has 3 atom stereocenters. The Hall–Kier alpha value is -3.62. The Balaban J connectivity index is 1.45. The highest BCUT2D eigenvalue weighted by Gasteiger charge is 2.41. The lowest BCUT2D eigenvalue weighted by atomic mass is 9.78. The van der Waals surface area contributed by atoms with E-state index in [9.17, 15) is 9.59 Å². The van der Waals surface area contributed by atoms with E-state index in [2.05, 4.69) is 30.2 Å². The molecule has 0 saturated carbocycles. The fourth-order valence-corrected chi connectivity index (χ4v) is 4.65. The second-order valence-corrected chi connectivity index (χ2v) is 7.69. The summed E-state index contributed by atoms with van der Waals surface area (Å²) in [5.74, 6) is 0.964. The minimum atomic E-state index is -0.294. The van der Waals surface area contributed by atoms with E-state index in [4.69, 9.17) is 0 Å². The van der Waals surface area contributed by atoms with Crippen LogP contribution in [0.2, 0.25) is 0 Å². The van der Waals surface area contributed by atoms with Crippen molar-refractivity contribution in [2.24, 2.45) is 5.92 Å². The molecule has 3 aromatic heterocycles. The van der Waals surface area contributed by atoms with Crippen LogP contribution in [0.3, 0.4) is 0 Å². The van der Waals surface area contributed by atoms with Gasteiger partial charge in [0.1, 0.15) is 11.5 Å². The molecule has 0 radical (unpaired) electrons. The third-order valence-corrected chi connectivity index (χ3v) is 5.94. The lowest BCUT2D eigenvalue weighted by molar-refractivity contribution is 0.0929. The fraction of sp³-hybridized carbons (Fsp3) is 0.333. The minimum absolute atomic E-state index is 0.0334. The van der Waals surface area contributed by atoms with Gasteiger partial charge in [-0.25, -0.2) is 9.97 Å². The molecule has 2 aliphatic heterocycles. The molecule has 30 heavy (non-hydrogen) atoms. The summed E-state index contributed by atoms with van der Waals surface area (Å²) in [6.07, 6.45) is 10.5. The van der Waals surface area contributed by atoms with E-state index < -0.39 is 0 Å². The Kier molecular flexibility index (Phi) is 4.70. The summed E-state index contributed by atoms with van der Waals surface area (Å²) in [6.45, 7) is 1.89. The number of nitrogens with zero attached hydrogens (tertiary/aromatic N) is 6. The van der Waals surface area contributed by atoms with Crippen molar-refractivity contribution in [3.8, 4) is 0 Å². The maximum absolute atomic E-state index is 12.8. The first-order valence-electron chi connectivity index (χ1n) is 9.97. The summed E-state index contributed by atoms with van der Waals surface area (Å²) < 4.78 is 1.86. The lowest BCUT2D eigenvalue weighted by Gasteiger charge is -2.47. The van der Waals surface area contributed by atoms with Crippen molar-refractivity contribution in [1.29, 1.82) is 0 Å². The summed E-state index contributed by atoms with van der Waals surface area (Å²) in [7, 11) is 0. The molecule has 0 aromatic carbocycles. The molecular formula is C21H21N7O2. The molecule has 2 bridgehead atoms. The first-order chi connectivity index (χ1) is 14.7. The maximum atomic E-state index is 12.8. The summed E-state index contributed by atoms with van der Waals surface area (Å²) in [6, 6.07) is 5.26. The Bertz CT molecular complexity index is 1100. The summed E-state index contributed by atoms with van der Waals surface area (Å²) >= 11 is 0. The largest absolute Gasteiger partial charge is 0.354 e. The normalized spacial score (nSPS) is 22.3. The van der Waals surface area contributed by atoms with Crippen molar-refractivity contribution >= 4 is 11.7 Å². The molecule has 9 heteroatoms. The van der Waals surface area contributed by atoms with Crippen LogP contribution in [0.4, 0.5) is 5.82 Å². The van der Waals surface area contributed by atoms with Crippen LogP contribution in [0.25, 0.3) is 0 Å². The minimum Gasteiger partial charge on any atom is -0.354 e. The van der Waals surface area contributed by atoms with Gasteiger partial charge in [-0.2, -0.15) is 0 Å². The average Bonchev–Trinajstić information content (AvgIpc) is 2.80. The number of carbonyl (C=O) groups is 1. The van der Waals surface area contributed by atoms with Gasteiger partial charge in [-0.3, -0.25) is 19.6 Å². The number of hydrogen-bond donors (Lipinski definition) is 1. The van der Waals surface area contributed by atoms with Gasteiger partial charge >= 0.3 is 0 Å². The topological polar surface area (TPSA) is 106 Å². The van der Waals surface area contributed by atoms with E-state index in [0.29, 0.717) is 6.54 Å². The van der Waals surface area contributed by atoms with Gasteiger partial charge in [-0.1, -0.05) is 6.07 Å². The average molecular weight is 403 g/mol. The molecule has 1 fully saturated rings. The van der Waals surface area contributed by atoms with Crippen LogP contribution < -0.4 is 15.8 Å². The Morgan fingerprint density at radius 2 is 1.90 bits per heavy atom. The number of amides is 1. The van der Waals surface area contributed by atoms with Gasteiger partial charge in [0.2, 0.25) is 0 Å². The van der Waals surface area contributed by atoms with Gasteiger partial charge in [0.05, 0.1) is 18.4 Å². The van der Waals surface area contributed by atoms with Gasteiger partial charge in [-0.05, 0) is 18.4 Å². The monoisotopic (exact) mass is 403 g/mol. The summed E-state index contributed by atoms with van der Waals surface area (Å²) in [5, 5.41) is 2.95. The van der Waals surface area contributed by atoms with Crippen LogP contribution in [0.1, 0.15) is 34.6 Å². The second kappa shape index (κ2) is 7.66. The van der Waals surface area contributed by atoms with Gasteiger partial charge in [0, 0.05) is 62.1 Å². The van der Waals surface area contributed by atoms with Crippen molar-refractivity contribution in [1.82, 2.24) is 29.8 Å². The van der Waals surface area contributed by atoms with Crippen LogP contribution in [-0.2, 0) is 0 Å². The highest BCUT2D eigenvalue weighted by Crippen LogP contribution is 2.41. The van der Waals surface area contributed by atoms with Gasteiger partial charge < -0.3 is 14.8 Å². The number of aromatic nitrogens is 5. The molecule has 9 nitrogen and oxygen atoms in total. The first-order valence-corrected chi connectivity index (χ1v) is 9.97. The molecule has 1 amide bonds. The third-order valence-electron chi connectivity index (χ3n) is 5.94. The van der Waals surface area contributed by atoms with Crippen molar-refractivity contribution < 1.29 is 4.79 Å². The maximum Gasteiger partial charge on any atom is 0.271 e. The Morgan fingerprint density at radius 3 is 2.67 bits per heavy atom. The zero-order chi connectivity index (χ0) is 20.5. The number of fused-ring (bicyclic) bond motifs is 4. The second-order valence-electron chi connectivity index (χ2n) is 7.69. The zero-order valence-electron chi connectivity index (χ0n) is 16.3. The molecule has 1 N–H and O–H groups in total. The SMILES string of the molecule is O=C(NC[C@H]1[C@H]2C[C@H](CN(c3cnccn3)C2)c2cccc(=O)n21)c1cnccn1. The van der Waals surface area contributed by atoms with Crippen molar-refractivity contribution in [3.05, 3.63) is 77.1 Å². The number of piperidine rings is 1. The molecule has 1 saturated heterocycles. The summed E-state index contributed by atoms with van der Waals surface area (Å²) in [4.78, 5) is 44.1. The first kappa shape index (κ1) is 18.4. The predicted octanol–water partition coefficient (Wildman–Crippen LogP) is 1.02. The van der Waals surface area contributed by atoms with E-state index in [0.717, 1.165) is 31.0 Å². The van der Waals surface area contributed by atoms with Gasteiger partial charge in [0.15, 0.2) is 0 Å². The van der Waals surface area contributed by atoms with Crippen LogP contribution in [-0.4, -0.2) is 50.0 Å². The van der Waals surface area contributed by atoms with E-state index in [1.807, 2.05) is 16.7 Å². The number of nitrogens with one attached hydrogen (secondary N) is 1. The van der Waals surface area contributed by atoms with E-state index in [1.54, 1.807) is 24.7 Å². The number of anilines is 1. The molecular weight excluding hydrogens is 382 g/mol. The van der Waals surface area contributed by atoms with Gasteiger partial charge in [-0.15, -0.1) is 0 Å². The van der Waals surface area contributed by atoms with E-state index in [1.165, 1.54) is 18.6 Å². The molecule has 3 aromatic rings. The number of rotatable bonds is 4. The number of pyridine rings is 1. The third kappa shape index (κ3) is 3.32. The van der Waals surface area contributed by atoms with Gasteiger partial charge in [0.25, 0.3) is 11.5 Å². The van der Waals surface area contributed by atoms with Crippen LogP contribution >= 0.6 is 0 Å².